The summed E-state index contributed by atoms with van der Waals surface area (Å²) in [6, 6.07) is 10.0. The molecule has 0 nitrogen and oxygen atoms in total. The molecule has 0 N–H and O–H groups in total. The third-order valence-electron chi connectivity index (χ3n) is 1.64. The van der Waals surface area contributed by atoms with Gasteiger partial charge in [-0.15, -0.1) is 0 Å². The Morgan fingerprint density at radius 2 is 1.91 bits per heavy atom. The third kappa shape index (κ3) is 2.28. The second kappa shape index (κ2) is 3.84. The Balaban J connectivity index is 2.85. The molecule has 0 radical (unpaired) electrons. The maximum Gasteiger partial charge on any atom is 0.0880 e. The molecule has 0 heterocycles. The van der Waals surface area contributed by atoms with E-state index in [1.807, 2.05) is 37.3 Å². The Morgan fingerprint density at radius 3 is 2.36 bits per heavy atom. The van der Waals surface area contributed by atoms with Crippen LogP contribution in [0.15, 0.2) is 30.3 Å². The molecule has 1 rings (SSSR count). The van der Waals surface area contributed by atoms with Crippen molar-refractivity contribution in [1.82, 2.24) is 0 Å². The molecule has 0 aromatic heterocycles. The van der Waals surface area contributed by atoms with Crippen LogP contribution >= 0.6 is 23.8 Å². The van der Waals surface area contributed by atoms with Crippen LogP contribution in [-0.2, 0) is 0 Å². The number of hydrogen-bond donors (Lipinski definition) is 0. The fraction of sp³-hybridized carbons (Fsp3) is 0.222. The SMILES string of the molecule is CC(C(=S)Cl)c1ccccc1. The summed E-state index contributed by atoms with van der Waals surface area (Å²) in [6.07, 6.45) is 0. The molecule has 0 amide bonds. The molecule has 1 atom stereocenters. The highest BCUT2D eigenvalue weighted by Gasteiger charge is 2.06. The van der Waals surface area contributed by atoms with Crippen LogP contribution in [0, 0.1) is 0 Å². The van der Waals surface area contributed by atoms with E-state index in [9.17, 15) is 0 Å². The summed E-state index contributed by atoms with van der Waals surface area (Å²) in [7, 11) is 0. The predicted octanol–water partition coefficient (Wildman–Crippen LogP) is 3.36. The summed E-state index contributed by atoms with van der Waals surface area (Å²) in [5, 5.41) is 0. The third-order valence-corrected chi connectivity index (χ3v) is 2.32. The van der Waals surface area contributed by atoms with Crippen LogP contribution in [0.1, 0.15) is 18.4 Å². The van der Waals surface area contributed by atoms with Gasteiger partial charge in [-0.2, -0.15) is 0 Å². The van der Waals surface area contributed by atoms with Gasteiger partial charge in [-0.05, 0) is 5.56 Å². The number of thiocarbonyl (C=S) groups is 1. The van der Waals surface area contributed by atoms with E-state index in [-0.39, 0.29) is 5.92 Å². The standard InChI is InChI=1S/C9H9ClS/c1-7(9(10)11)8-5-3-2-4-6-8/h2-7H,1H3. The van der Waals surface area contributed by atoms with Gasteiger partial charge in [0.15, 0.2) is 0 Å². The van der Waals surface area contributed by atoms with Gasteiger partial charge >= 0.3 is 0 Å². The zero-order valence-electron chi connectivity index (χ0n) is 6.25. The average molecular weight is 185 g/mol. The molecule has 0 saturated carbocycles. The summed E-state index contributed by atoms with van der Waals surface area (Å²) in [4.78, 5) is 0. The summed E-state index contributed by atoms with van der Waals surface area (Å²) in [6.45, 7) is 2.00. The zero-order valence-corrected chi connectivity index (χ0v) is 7.82. The van der Waals surface area contributed by atoms with Crippen LogP contribution < -0.4 is 0 Å². The molecular formula is C9H9ClS. The van der Waals surface area contributed by atoms with Crippen molar-refractivity contribution in [3.8, 4) is 0 Å². The Labute approximate surface area is 77.2 Å². The minimum atomic E-state index is 0.174. The van der Waals surface area contributed by atoms with Crippen molar-refractivity contribution in [3.05, 3.63) is 35.9 Å². The van der Waals surface area contributed by atoms with Crippen LogP contribution in [0.5, 0.6) is 0 Å². The van der Waals surface area contributed by atoms with Gasteiger partial charge in [0.25, 0.3) is 0 Å². The highest BCUT2D eigenvalue weighted by molar-refractivity contribution is 7.83. The van der Waals surface area contributed by atoms with E-state index in [1.165, 1.54) is 5.56 Å². The summed E-state index contributed by atoms with van der Waals surface area (Å²) in [5.41, 5.74) is 1.17. The number of hydrogen-bond acceptors (Lipinski definition) is 1. The van der Waals surface area contributed by atoms with Crippen molar-refractivity contribution in [1.29, 1.82) is 0 Å². The van der Waals surface area contributed by atoms with Gasteiger partial charge in [0.1, 0.15) is 0 Å². The highest BCUT2D eigenvalue weighted by atomic mass is 35.5. The van der Waals surface area contributed by atoms with Crippen LogP contribution in [-0.4, -0.2) is 4.32 Å². The van der Waals surface area contributed by atoms with Crippen molar-refractivity contribution in [2.75, 3.05) is 0 Å². The van der Waals surface area contributed by atoms with E-state index in [0.29, 0.717) is 4.32 Å². The van der Waals surface area contributed by atoms with E-state index < -0.39 is 0 Å². The summed E-state index contributed by atoms with van der Waals surface area (Å²) >= 11 is 10.6. The smallest absolute Gasteiger partial charge is 0.0758 e. The lowest BCUT2D eigenvalue weighted by atomic mass is 10.0. The van der Waals surface area contributed by atoms with Crippen molar-refractivity contribution in [2.45, 2.75) is 12.8 Å². The fourth-order valence-electron chi connectivity index (χ4n) is 0.873. The molecule has 1 unspecified atom stereocenters. The molecule has 0 aliphatic carbocycles. The second-order valence-electron chi connectivity index (χ2n) is 2.44. The first-order valence-electron chi connectivity index (χ1n) is 3.46. The first kappa shape index (κ1) is 8.69. The molecule has 1 aromatic carbocycles. The Morgan fingerprint density at radius 1 is 1.36 bits per heavy atom. The van der Waals surface area contributed by atoms with Crippen molar-refractivity contribution in [2.24, 2.45) is 0 Å². The van der Waals surface area contributed by atoms with Gasteiger partial charge in [0.2, 0.25) is 0 Å². The van der Waals surface area contributed by atoms with Gasteiger partial charge in [-0.1, -0.05) is 61.1 Å². The quantitative estimate of drug-likeness (QED) is 0.502. The fourth-order valence-corrected chi connectivity index (χ4v) is 1.13. The van der Waals surface area contributed by atoms with Crippen LogP contribution in [0.3, 0.4) is 0 Å². The molecule has 0 aliphatic heterocycles. The minimum absolute atomic E-state index is 0.174. The van der Waals surface area contributed by atoms with Gasteiger partial charge < -0.3 is 0 Å². The van der Waals surface area contributed by atoms with E-state index in [0.717, 1.165) is 0 Å². The molecule has 0 aliphatic rings. The molecule has 2 heteroatoms. The van der Waals surface area contributed by atoms with E-state index >= 15 is 0 Å². The average Bonchev–Trinajstić information content (AvgIpc) is 2.05. The Kier molecular flexibility index (Phi) is 3.03. The molecule has 58 valence electrons. The van der Waals surface area contributed by atoms with Crippen LogP contribution in [0.4, 0.5) is 0 Å². The van der Waals surface area contributed by atoms with Crippen LogP contribution in [0.25, 0.3) is 0 Å². The maximum atomic E-state index is 5.69. The number of rotatable bonds is 2. The van der Waals surface area contributed by atoms with E-state index in [2.05, 4.69) is 0 Å². The van der Waals surface area contributed by atoms with Crippen molar-refractivity contribution >= 4 is 28.1 Å². The molecule has 0 saturated heterocycles. The molecule has 11 heavy (non-hydrogen) atoms. The Bertz CT molecular complexity index is 243. The van der Waals surface area contributed by atoms with Gasteiger partial charge in [-0.25, -0.2) is 0 Å². The van der Waals surface area contributed by atoms with Crippen LogP contribution in [0.2, 0.25) is 0 Å². The molecular weight excluding hydrogens is 176 g/mol. The number of benzene rings is 1. The van der Waals surface area contributed by atoms with Crippen molar-refractivity contribution in [3.63, 3.8) is 0 Å². The van der Waals surface area contributed by atoms with E-state index in [1.54, 1.807) is 0 Å². The predicted molar refractivity (Wildman–Crippen MR) is 53.3 cm³/mol. The first-order valence-corrected chi connectivity index (χ1v) is 4.24. The second-order valence-corrected chi connectivity index (χ2v) is 3.51. The number of halogens is 1. The first-order chi connectivity index (χ1) is 5.22. The molecule has 0 bridgehead atoms. The summed E-state index contributed by atoms with van der Waals surface area (Å²) < 4.78 is 0.524. The largest absolute Gasteiger partial charge is 0.0880 e. The molecule has 0 fully saturated rings. The minimum Gasteiger partial charge on any atom is -0.0758 e. The highest BCUT2D eigenvalue weighted by Crippen LogP contribution is 2.18. The monoisotopic (exact) mass is 184 g/mol. The zero-order chi connectivity index (χ0) is 8.27. The van der Waals surface area contributed by atoms with Gasteiger partial charge in [0.05, 0.1) is 4.32 Å². The molecule has 1 aromatic rings. The normalized spacial score (nSPS) is 12.5. The van der Waals surface area contributed by atoms with Crippen molar-refractivity contribution < 1.29 is 0 Å². The topological polar surface area (TPSA) is 0 Å². The molecule has 0 spiro atoms. The maximum absolute atomic E-state index is 5.69. The lowest BCUT2D eigenvalue weighted by molar-refractivity contribution is 1.05. The van der Waals surface area contributed by atoms with E-state index in [4.69, 9.17) is 23.8 Å². The van der Waals surface area contributed by atoms with Gasteiger partial charge in [-0.3, -0.25) is 0 Å². The lowest BCUT2D eigenvalue weighted by Crippen LogP contribution is -1.98. The van der Waals surface area contributed by atoms with Gasteiger partial charge in [0, 0.05) is 5.92 Å². The lowest BCUT2D eigenvalue weighted by Gasteiger charge is -2.06. The Hall–Kier alpha value is -0.400. The summed E-state index contributed by atoms with van der Waals surface area (Å²) in [5.74, 6) is 0.174.